The topological polar surface area (TPSA) is 0 Å². The zero-order valence-corrected chi connectivity index (χ0v) is 18.9. The molecule has 0 nitrogen and oxygen atoms in total. The van der Waals surface area contributed by atoms with Crippen LogP contribution in [0.4, 0.5) is 0 Å². The first kappa shape index (κ1) is 18.8. The predicted octanol–water partition coefficient (Wildman–Crippen LogP) is 7.07. The van der Waals surface area contributed by atoms with Crippen LogP contribution in [0.5, 0.6) is 0 Å². The molecule has 0 fully saturated rings. The summed E-state index contributed by atoms with van der Waals surface area (Å²) in [5.74, 6) is 0. The molecule has 1 unspecified atom stereocenters. The first-order valence-electron chi connectivity index (χ1n) is 9.22. The number of allylic oxidation sites excluding steroid dienone is 1. The second-order valence-corrected chi connectivity index (χ2v) is 10.9. The molecule has 0 N–H and O–H groups in total. The normalized spacial score (nSPS) is 17.3. The van der Waals surface area contributed by atoms with Gasteiger partial charge in [0.25, 0.3) is 0 Å². The zero-order valence-electron chi connectivity index (χ0n) is 16.4. The summed E-state index contributed by atoms with van der Waals surface area (Å²) in [6, 6.07) is 16.0. The molecular weight excluding hydrogens is 379 g/mol. The van der Waals surface area contributed by atoms with Crippen LogP contribution in [0, 0.1) is 5.41 Å². The van der Waals surface area contributed by atoms with E-state index in [1.165, 1.54) is 34.2 Å². The molecule has 0 bridgehead atoms. The van der Waals surface area contributed by atoms with E-state index >= 15 is 0 Å². The van der Waals surface area contributed by atoms with Crippen molar-refractivity contribution < 1.29 is 24.7 Å². The molecule has 0 saturated carbocycles. The maximum absolute atomic E-state index is 2.48. The van der Waals surface area contributed by atoms with Gasteiger partial charge in [-0.15, -0.1) is 0 Å². The second-order valence-electron chi connectivity index (χ2n) is 9.53. The number of fused-ring (bicyclic) bond motifs is 1. The first-order valence-corrected chi connectivity index (χ1v) is 10.6. The van der Waals surface area contributed by atoms with Crippen LogP contribution in [0.15, 0.2) is 48.0 Å². The Bertz CT molecular complexity index is 795. The van der Waals surface area contributed by atoms with Crippen LogP contribution < -0.4 is 0 Å². The Balaban J connectivity index is 2.01. The van der Waals surface area contributed by atoms with Crippen LogP contribution in [0.2, 0.25) is 0 Å². The molecule has 1 aliphatic rings. The van der Waals surface area contributed by atoms with E-state index in [1.807, 2.05) is 0 Å². The average Bonchev–Trinajstić information content (AvgIpc) is 2.81. The Morgan fingerprint density at radius 3 is 2.08 bits per heavy atom. The minimum absolute atomic E-state index is 0.203. The van der Waals surface area contributed by atoms with Gasteiger partial charge in [-0.2, -0.15) is 0 Å². The van der Waals surface area contributed by atoms with Gasteiger partial charge < -0.3 is 0 Å². The first-order chi connectivity index (χ1) is 11.6. The summed E-state index contributed by atoms with van der Waals surface area (Å²) in [7, 11) is 0. The standard InChI is InChI=1S/C24H29.Zr/c1-23(2,3)16-17-14-19-8-7-9-21(22(19)15-17)18-10-12-20(13-11-18)24(4,5)6;/h7-15H,16H2,1-6H3;. The fraction of sp³-hybridized carbons (Fsp3) is 0.417. The van der Waals surface area contributed by atoms with E-state index in [2.05, 4.69) is 90.1 Å². The van der Waals surface area contributed by atoms with Gasteiger partial charge in [0.2, 0.25) is 0 Å². The Morgan fingerprint density at radius 1 is 0.880 bits per heavy atom. The Kier molecular flexibility index (Phi) is 5.02. The van der Waals surface area contributed by atoms with Crippen molar-refractivity contribution in [2.24, 2.45) is 5.41 Å². The van der Waals surface area contributed by atoms with Gasteiger partial charge in [0.15, 0.2) is 0 Å². The second kappa shape index (κ2) is 6.66. The van der Waals surface area contributed by atoms with E-state index in [9.17, 15) is 0 Å². The SMILES string of the molecule is CC(C)(C)CC1=Cc2c(-c3ccc(C(C)(C)C)cc3)cccc2[CH]1[Zr]. The predicted molar refractivity (Wildman–Crippen MR) is 105 cm³/mol. The Hall–Kier alpha value is -0.937. The summed E-state index contributed by atoms with van der Waals surface area (Å²) in [5, 5.41) is 0. The molecule has 3 rings (SSSR count). The fourth-order valence-electron chi connectivity index (χ4n) is 3.63. The molecule has 1 atom stereocenters. The van der Waals surface area contributed by atoms with E-state index < -0.39 is 0 Å². The molecule has 0 spiro atoms. The summed E-state index contributed by atoms with van der Waals surface area (Å²) >= 11 is 1.60. The van der Waals surface area contributed by atoms with Crippen LogP contribution in [0.3, 0.4) is 0 Å². The van der Waals surface area contributed by atoms with Crippen molar-refractivity contribution in [2.45, 2.75) is 57.0 Å². The van der Waals surface area contributed by atoms with Gasteiger partial charge in [0.1, 0.15) is 0 Å². The van der Waals surface area contributed by atoms with E-state index in [0.29, 0.717) is 9.04 Å². The van der Waals surface area contributed by atoms with Crippen molar-refractivity contribution in [3.8, 4) is 11.1 Å². The quantitative estimate of drug-likeness (QED) is 0.498. The molecule has 0 aliphatic heterocycles. The van der Waals surface area contributed by atoms with Gasteiger partial charge in [0, 0.05) is 0 Å². The van der Waals surface area contributed by atoms with Gasteiger partial charge in [-0.25, -0.2) is 0 Å². The average molecular weight is 409 g/mol. The summed E-state index contributed by atoms with van der Waals surface area (Å²) in [6.07, 6.45) is 3.66. The summed E-state index contributed by atoms with van der Waals surface area (Å²) in [4.78, 5) is 0. The molecule has 1 aliphatic carbocycles. The molecule has 2 aromatic carbocycles. The number of hydrogen-bond donors (Lipinski definition) is 0. The van der Waals surface area contributed by atoms with Crippen LogP contribution in [-0.2, 0) is 30.1 Å². The monoisotopic (exact) mass is 407 g/mol. The van der Waals surface area contributed by atoms with E-state index in [0.717, 1.165) is 0 Å². The zero-order chi connectivity index (χ0) is 18.4. The minimum atomic E-state index is 0.203. The van der Waals surface area contributed by atoms with Crippen LogP contribution in [-0.4, -0.2) is 0 Å². The van der Waals surface area contributed by atoms with Crippen molar-refractivity contribution in [3.63, 3.8) is 0 Å². The molecule has 0 radical (unpaired) electrons. The molecule has 1 heteroatoms. The van der Waals surface area contributed by atoms with E-state index in [-0.39, 0.29) is 5.41 Å². The third-order valence-corrected chi connectivity index (χ3v) is 6.62. The van der Waals surface area contributed by atoms with E-state index in [1.54, 1.807) is 30.3 Å². The summed E-state index contributed by atoms with van der Waals surface area (Å²) in [5.41, 5.74) is 9.24. The van der Waals surface area contributed by atoms with Gasteiger partial charge in [-0.3, -0.25) is 0 Å². The number of rotatable bonds is 2. The number of benzene rings is 2. The van der Waals surface area contributed by atoms with Crippen molar-refractivity contribution in [3.05, 3.63) is 64.7 Å². The molecule has 0 heterocycles. The maximum atomic E-state index is 2.48. The third kappa shape index (κ3) is 4.08. The number of hydrogen-bond acceptors (Lipinski definition) is 0. The van der Waals surface area contributed by atoms with Crippen molar-refractivity contribution in [1.29, 1.82) is 0 Å². The molecule has 2 aromatic rings. The van der Waals surface area contributed by atoms with Crippen molar-refractivity contribution >= 4 is 6.08 Å². The Morgan fingerprint density at radius 2 is 1.52 bits per heavy atom. The van der Waals surface area contributed by atoms with Crippen LogP contribution >= 0.6 is 0 Å². The molecule has 0 amide bonds. The van der Waals surface area contributed by atoms with Gasteiger partial charge >= 0.3 is 169 Å². The van der Waals surface area contributed by atoms with Gasteiger partial charge in [0.05, 0.1) is 0 Å². The molecule has 0 aromatic heterocycles. The molecule has 25 heavy (non-hydrogen) atoms. The van der Waals surface area contributed by atoms with E-state index in [4.69, 9.17) is 0 Å². The summed E-state index contributed by atoms with van der Waals surface area (Å²) < 4.78 is 0.621. The van der Waals surface area contributed by atoms with Crippen LogP contribution in [0.1, 0.15) is 68.3 Å². The third-order valence-electron chi connectivity index (χ3n) is 4.95. The van der Waals surface area contributed by atoms with Crippen molar-refractivity contribution in [2.75, 3.05) is 0 Å². The summed E-state index contributed by atoms with van der Waals surface area (Å²) in [6.45, 7) is 13.8. The molecule has 0 saturated heterocycles. The molecule has 129 valence electrons. The fourth-order valence-corrected chi connectivity index (χ4v) is 4.71. The van der Waals surface area contributed by atoms with Crippen molar-refractivity contribution in [1.82, 2.24) is 0 Å². The van der Waals surface area contributed by atoms with Crippen LogP contribution in [0.25, 0.3) is 17.2 Å². The Labute approximate surface area is 168 Å². The van der Waals surface area contributed by atoms with Gasteiger partial charge in [-0.05, 0) is 0 Å². The van der Waals surface area contributed by atoms with Gasteiger partial charge in [-0.1, -0.05) is 0 Å². The molecular formula is C24H29Zr.